The molecule has 0 aliphatic carbocycles. The van der Waals surface area contributed by atoms with Crippen LogP contribution in [0.15, 0.2) is 206 Å². The van der Waals surface area contributed by atoms with E-state index >= 15 is 0 Å². The van der Waals surface area contributed by atoms with E-state index in [1.807, 2.05) is 30.3 Å². The summed E-state index contributed by atoms with van der Waals surface area (Å²) in [5.74, 6) is 0. The van der Waals surface area contributed by atoms with Crippen molar-refractivity contribution in [3.8, 4) is 22.9 Å². The summed E-state index contributed by atoms with van der Waals surface area (Å²) in [6, 6.07) is 74.9. The summed E-state index contributed by atoms with van der Waals surface area (Å²) >= 11 is 0. The van der Waals surface area contributed by atoms with Crippen LogP contribution in [0.4, 0.5) is 34.1 Å². The van der Waals surface area contributed by atoms with E-state index < -0.39 is 0 Å². The van der Waals surface area contributed by atoms with Crippen molar-refractivity contribution < 1.29 is 0 Å². The molecule has 4 heteroatoms. The molecule has 10 aromatic rings. The lowest BCUT2D eigenvalue weighted by atomic mass is 9.93. The van der Waals surface area contributed by atoms with Gasteiger partial charge in [-0.3, -0.25) is 0 Å². The Kier molecular flexibility index (Phi) is 7.83. The molecule has 0 saturated carbocycles. The maximum Gasteiger partial charge on any atom is 0.0991 e. The average Bonchev–Trinajstić information content (AvgIpc) is 3.61. The van der Waals surface area contributed by atoms with Crippen molar-refractivity contribution in [1.82, 2.24) is 4.57 Å². The molecule has 258 valence electrons. The molecule has 0 bridgehead atoms. The molecule has 0 radical (unpaired) electrons. The summed E-state index contributed by atoms with van der Waals surface area (Å²) in [4.78, 5) is 4.59. The fraction of sp³-hybridized carbons (Fsp3) is 0. The Morgan fingerprint density at radius 3 is 1.40 bits per heavy atom. The highest BCUT2D eigenvalue weighted by Crippen LogP contribution is 2.48. The lowest BCUT2D eigenvalue weighted by Gasteiger charge is -2.27. The van der Waals surface area contributed by atoms with Crippen LogP contribution in [0.1, 0.15) is 5.56 Å². The van der Waals surface area contributed by atoms with Gasteiger partial charge in [0.05, 0.1) is 28.4 Å². The highest BCUT2D eigenvalue weighted by molar-refractivity contribution is 6.29. The first-order chi connectivity index (χ1) is 27.3. The molecule has 0 fully saturated rings. The molecule has 0 aliphatic heterocycles. The first-order valence-corrected chi connectivity index (χ1v) is 18.5. The van der Waals surface area contributed by atoms with Gasteiger partial charge in [-0.1, -0.05) is 103 Å². The average molecular weight is 703 g/mol. The Morgan fingerprint density at radius 2 is 0.836 bits per heavy atom. The fourth-order valence-corrected chi connectivity index (χ4v) is 8.12. The quantitative estimate of drug-likeness (QED) is 0.148. The van der Waals surface area contributed by atoms with Crippen molar-refractivity contribution in [1.29, 1.82) is 5.26 Å². The minimum Gasteiger partial charge on any atom is -0.311 e. The number of hydrogen-bond donors (Lipinski definition) is 0. The molecule has 0 N–H and O–H groups in total. The molecule has 9 aromatic carbocycles. The molecule has 0 spiro atoms. The highest BCUT2D eigenvalue weighted by atomic mass is 15.1. The summed E-state index contributed by atoms with van der Waals surface area (Å²) in [5, 5.41) is 14.4. The first kappa shape index (κ1) is 32.1. The summed E-state index contributed by atoms with van der Waals surface area (Å²) in [6.45, 7) is 0. The smallest absolute Gasteiger partial charge is 0.0991 e. The van der Waals surface area contributed by atoms with Crippen molar-refractivity contribution in [2.45, 2.75) is 0 Å². The minimum atomic E-state index is 0.640. The zero-order valence-electron chi connectivity index (χ0n) is 29.9. The van der Waals surface area contributed by atoms with Crippen molar-refractivity contribution >= 4 is 66.7 Å². The fourth-order valence-electron chi connectivity index (χ4n) is 8.12. The van der Waals surface area contributed by atoms with Crippen LogP contribution < -0.4 is 9.80 Å². The second-order valence-corrected chi connectivity index (χ2v) is 13.7. The molecule has 0 amide bonds. The van der Waals surface area contributed by atoms with Crippen molar-refractivity contribution in [3.05, 3.63) is 212 Å². The minimum absolute atomic E-state index is 0.640. The van der Waals surface area contributed by atoms with Gasteiger partial charge >= 0.3 is 0 Å². The topological polar surface area (TPSA) is 35.2 Å². The number of nitrogens with zero attached hydrogens (tertiary/aromatic N) is 4. The van der Waals surface area contributed by atoms with E-state index in [9.17, 15) is 5.26 Å². The molecule has 1 aromatic heterocycles. The van der Waals surface area contributed by atoms with Gasteiger partial charge in [-0.25, -0.2) is 0 Å². The molecule has 0 atom stereocenters. The molecular weight excluding hydrogens is 669 g/mol. The maximum atomic E-state index is 9.43. The van der Waals surface area contributed by atoms with Crippen LogP contribution in [0.3, 0.4) is 0 Å². The predicted molar refractivity (Wildman–Crippen MR) is 229 cm³/mol. The van der Waals surface area contributed by atoms with Crippen LogP contribution in [0.2, 0.25) is 0 Å². The van der Waals surface area contributed by atoms with Gasteiger partial charge in [0.15, 0.2) is 0 Å². The number of anilines is 6. The number of hydrogen-bond acceptors (Lipinski definition) is 3. The van der Waals surface area contributed by atoms with Crippen LogP contribution in [0.5, 0.6) is 0 Å². The van der Waals surface area contributed by atoms with Gasteiger partial charge in [0.25, 0.3) is 0 Å². The largest absolute Gasteiger partial charge is 0.311 e. The molecule has 0 aliphatic rings. The van der Waals surface area contributed by atoms with Gasteiger partial charge in [0.2, 0.25) is 0 Å². The van der Waals surface area contributed by atoms with Crippen molar-refractivity contribution in [3.63, 3.8) is 0 Å². The Labute approximate surface area is 319 Å². The third-order valence-corrected chi connectivity index (χ3v) is 10.6. The summed E-state index contributed by atoms with van der Waals surface area (Å²) < 4.78 is 2.41. The van der Waals surface area contributed by atoms with Crippen LogP contribution in [-0.4, -0.2) is 4.57 Å². The van der Waals surface area contributed by atoms with Crippen LogP contribution in [0, 0.1) is 11.3 Å². The third-order valence-electron chi connectivity index (χ3n) is 10.6. The van der Waals surface area contributed by atoms with Crippen LogP contribution in [-0.2, 0) is 0 Å². The van der Waals surface area contributed by atoms with Crippen molar-refractivity contribution in [2.24, 2.45) is 0 Å². The van der Waals surface area contributed by atoms with Gasteiger partial charge < -0.3 is 14.4 Å². The molecule has 10 rings (SSSR count). The Bertz CT molecular complexity index is 2910. The molecule has 55 heavy (non-hydrogen) atoms. The molecule has 1 heterocycles. The van der Waals surface area contributed by atoms with E-state index in [0.717, 1.165) is 45.4 Å². The molecular formula is C51H34N4. The Balaban J connectivity index is 1.16. The summed E-state index contributed by atoms with van der Waals surface area (Å²) in [6.07, 6.45) is 0. The Hall–Kier alpha value is -7.61. The zero-order valence-corrected chi connectivity index (χ0v) is 29.9. The van der Waals surface area contributed by atoms with E-state index in [-0.39, 0.29) is 0 Å². The summed E-state index contributed by atoms with van der Waals surface area (Å²) in [5.41, 5.74) is 12.9. The van der Waals surface area contributed by atoms with E-state index in [1.54, 1.807) is 0 Å². The van der Waals surface area contributed by atoms with Gasteiger partial charge in [0.1, 0.15) is 0 Å². The normalized spacial score (nSPS) is 11.3. The monoisotopic (exact) mass is 702 g/mol. The number of aromatic nitrogens is 1. The predicted octanol–water partition coefficient (Wildman–Crippen LogP) is 13.9. The zero-order chi connectivity index (χ0) is 36.7. The number of rotatable bonds is 8. The number of benzene rings is 9. The SMILES string of the molecule is N#Cc1ccc(N(c2ccccc2)c2ccc(-c3ccc4c5c3ccc3c(N(c6ccccc6)c6ccccc6)ccc(c35)n4-c3ccccc3)cc2)cc1. The van der Waals surface area contributed by atoms with E-state index in [0.29, 0.717) is 5.56 Å². The third kappa shape index (κ3) is 5.46. The van der Waals surface area contributed by atoms with Crippen molar-refractivity contribution in [2.75, 3.05) is 9.80 Å². The van der Waals surface area contributed by atoms with E-state index in [1.165, 1.54) is 38.1 Å². The van der Waals surface area contributed by atoms with Gasteiger partial charge in [-0.15, -0.1) is 0 Å². The lowest BCUT2D eigenvalue weighted by molar-refractivity contribution is 1.18. The highest BCUT2D eigenvalue weighted by Gasteiger charge is 2.23. The standard InChI is InChI=1S/C51H34N4/c52-35-36-21-25-42(26-22-36)53(38-13-5-1-6-14-38)43-27-23-37(24-28-43)44-31-32-48-50-45(44)29-30-46-47(33-34-49(51(46)50)55(48)41-19-11-4-12-20-41)54(39-15-7-2-8-16-39)40-17-9-3-10-18-40/h1-34H. The molecule has 0 unspecified atom stereocenters. The van der Waals surface area contributed by atoms with Gasteiger partial charge in [0, 0.05) is 50.3 Å². The lowest BCUT2D eigenvalue weighted by Crippen LogP contribution is -2.10. The first-order valence-electron chi connectivity index (χ1n) is 18.5. The number of nitriles is 1. The summed E-state index contributed by atoms with van der Waals surface area (Å²) in [7, 11) is 0. The van der Waals surface area contributed by atoms with E-state index in [4.69, 9.17) is 0 Å². The van der Waals surface area contributed by atoms with E-state index in [2.05, 4.69) is 196 Å². The van der Waals surface area contributed by atoms with Crippen LogP contribution in [0.25, 0.3) is 49.4 Å². The van der Waals surface area contributed by atoms with Gasteiger partial charge in [-0.05, 0) is 120 Å². The van der Waals surface area contributed by atoms with Gasteiger partial charge in [-0.2, -0.15) is 5.26 Å². The number of para-hydroxylation sites is 4. The second kappa shape index (κ2) is 13.4. The molecule has 0 saturated heterocycles. The molecule has 4 nitrogen and oxygen atoms in total. The Morgan fingerprint density at radius 1 is 0.382 bits per heavy atom. The van der Waals surface area contributed by atoms with Crippen LogP contribution >= 0.6 is 0 Å². The second-order valence-electron chi connectivity index (χ2n) is 13.7. The maximum absolute atomic E-state index is 9.43.